The molecule has 0 bridgehead atoms. The van der Waals surface area contributed by atoms with Crippen molar-refractivity contribution in [1.29, 1.82) is 0 Å². The molecule has 1 nitrogen and oxygen atoms in total. The van der Waals surface area contributed by atoms with E-state index < -0.39 is 0 Å². The summed E-state index contributed by atoms with van der Waals surface area (Å²) in [6.07, 6.45) is 2.22. The van der Waals surface area contributed by atoms with E-state index >= 15 is 0 Å². The van der Waals surface area contributed by atoms with E-state index in [0.29, 0.717) is 5.92 Å². The smallest absolute Gasteiger partial charge is 0.0228 e. The molecule has 1 saturated carbocycles. The van der Waals surface area contributed by atoms with Crippen LogP contribution in [0.4, 0.5) is 0 Å². The maximum Gasteiger partial charge on any atom is 0.0228 e. The zero-order chi connectivity index (χ0) is 9.47. The maximum atomic E-state index is 6.15. The lowest BCUT2D eigenvalue weighted by atomic mass is 10.1. The minimum Gasteiger partial charge on any atom is -0.325 e. The summed E-state index contributed by atoms with van der Waals surface area (Å²) < 4.78 is 1.14. The first-order valence-corrected chi connectivity index (χ1v) is 5.49. The van der Waals surface area contributed by atoms with Gasteiger partial charge < -0.3 is 5.73 Å². The molecule has 2 atom stereocenters. The molecule has 0 aliphatic heterocycles. The van der Waals surface area contributed by atoms with Crippen molar-refractivity contribution in [1.82, 2.24) is 0 Å². The lowest BCUT2D eigenvalue weighted by Crippen LogP contribution is -2.22. The predicted octanol–water partition coefficient (Wildman–Crippen LogP) is 3.04. The normalized spacial score (nSPS) is 31.8. The van der Waals surface area contributed by atoms with E-state index in [-0.39, 0.29) is 5.54 Å². The van der Waals surface area contributed by atoms with Crippen molar-refractivity contribution in [3.8, 4) is 0 Å². The number of benzene rings is 1. The highest BCUT2D eigenvalue weighted by molar-refractivity contribution is 9.10. The monoisotopic (exact) mass is 239 g/mol. The van der Waals surface area contributed by atoms with Gasteiger partial charge in [-0.15, -0.1) is 0 Å². The minimum atomic E-state index is 0.0911. The van der Waals surface area contributed by atoms with Gasteiger partial charge in [0, 0.05) is 15.9 Å². The molecule has 0 heterocycles. The highest BCUT2D eigenvalue weighted by atomic mass is 79.9. The van der Waals surface area contributed by atoms with Crippen molar-refractivity contribution in [2.75, 3.05) is 0 Å². The SMILES string of the molecule is CC[C@@]1(N)C[C@H]1c1ccc(Br)cc1. The van der Waals surface area contributed by atoms with Crippen LogP contribution in [-0.4, -0.2) is 5.54 Å². The van der Waals surface area contributed by atoms with Gasteiger partial charge in [-0.3, -0.25) is 0 Å². The fraction of sp³-hybridized carbons (Fsp3) is 0.455. The molecule has 1 fully saturated rings. The molecular formula is C11H14BrN. The van der Waals surface area contributed by atoms with Gasteiger partial charge in [-0.05, 0) is 30.5 Å². The highest BCUT2D eigenvalue weighted by Crippen LogP contribution is 2.51. The van der Waals surface area contributed by atoms with Gasteiger partial charge in [0.15, 0.2) is 0 Å². The standard InChI is InChI=1S/C11H14BrN/c1-2-11(13)7-10(11)8-3-5-9(12)6-4-8/h3-6,10H,2,7,13H2,1H3/t10-,11+/m0/s1. The van der Waals surface area contributed by atoms with Crippen molar-refractivity contribution >= 4 is 15.9 Å². The Balaban J connectivity index is 2.16. The number of hydrogen-bond donors (Lipinski definition) is 1. The average Bonchev–Trinajstić information content (AvgIpc) is 2.81. The van der Waals surface area contributed by atoms with Gasteiger partial charge in [0.2, 0.25) is 0 Å². The molecule has 0 radical (unpaired) electrons. The van der Waals surface area contributed by atoms with Crippen molar-refractivity contribution in [3.63, 3.8) is 0 Å². The van der Waals surface area contributed by atoms with Crippen molar-refractivity contribution < 1.29 is 0 Å². The van der Waals surface area contributed by atoms with Gasteiger partial charge in [-0.1, -0.05) is 35.0 Å². The molecule has 13 heavy (non-hydrogen) atoms. The van der Waals surface area contributed by atoms with E-state index in [1.165, 1.54) is 5.56 Å². The molecule has 1 aliphatic carbocycles. The zero-order valence-corrected chi connectivity index (χ0v) is 9.34. The first kappa shape index (κ1) is 9.22. The van der Waals surface area contributed by atoms with Crippen LogP contribution in [0.3, 0.4) is 0 Å². The second kappa shape index (κ2) is 3.10. The molecule has 0 aromatic heterocycles. The average molecular weight is 240 g/mol. The number of rotatable bonds is 2. The van der Waals surface area contributed by atoms with E-state index in [2.05, 4.69) is 47.1 Å². The van der Waals surface area contributed by atoms with E-state index in [0.717, 1.165) is 17.3 Å². The fourth-order valence-corrected chi connectivity index (χ4v) is 2.12. The summed E-state index contributed by atoms with van der Waals surface area (Å²) in [7, 11) is 0. The van der Waals surface area contributed by atoms with Crippen LogP contribution < -0.4 is 5.73 Å². The largest absolute Gasteiger partial charge is 0.325 e. The van der Waals surface area contributed by atoms with Crippen LogP contribution >= 0.6 is 15.9 Å². The molecule has 0 spiro atoms. The van der Waals surface area contributed by atoms with Crippen molar-refractivity contribution in [3.05, 3.63) is 34.3 Å². The van der Waals surface area contributed by atoms with Crippen molar-refractivity contribution in [2.24, 2.45) is 5.73 Å². The molecule has 1 aliphatic rings. The van der Waals surface area contributed by atoms with Crippen LogP contribution in [0.25, 0.3) is 0 Å². The molecule has 2 rings (SSSR count). The predicted molar refractivity (Wildman–Crippen MR) is 58.7 cm³/mol. The molecule has 2 N–H and O–H groups in total. The third-order valence-corrected chi connectivity index (χ3v) is 3.58. The lowest BCUT2D eigenvalue weighted by Gasteiger charge is -2.07. The quantitative estimate of drug-likeness (QED) is 0.844. The topological polar surface area (TPSA) is 26.0 Å². The Bertz CT molecular complexity index is 306. The van der Waals surface area contributed by atoms with Crippen LogP contribution in [0.15, 0.2) is 28.7 Å². The second-order valence-electron chi connectivity index (χ2n) is 3.89. The highest BCUT2D eigenvalue weighted by Gasteiger charge is 2.49. The summed E-state index contributed by atoms with van der Waals surface area (Å²) in [4.78, 5) is 0. The zero-order valence-electron chi connectivity index (χ0n) is 7.76. The Morgan fingerprint density at radius 1 is 1.46 bits per heavy atom. The Morgan fingerprint density at radius 2 is 2.08 bits per heavy atom. The van der Waals surface area contributed by atoms with E-state index in [1.54, 1.807) is 0 Å². The molecule has 2 heteroatoms. The van der Waals surface area contributed by atoms with Gasteiger partial charge in [0.05, 0.1) is 0 Å². The van der Waals surface area contributed by atoms with Gasteiger partial charge in [-0.25, -0.2) is 0 Å². The molecule has 1 aromatic rings. The molecule has 0 amide bonds. The Hall–Kier alpha value is -0.340. The number of nitrogens with two attached hydrogens (primary N) is 1. The third kappa shape index (κ3) is 1.65. The van der Waals surface area contributed by atoms with Crippen LogP contribution in [0.1, 0.15) is 31.2 Å². The Labute approximate surface area is 87.5 Å². The van der Waals surface area contributed by atoms with Crippen LogP contribution in [-0.2, 0) is 0 Å². The molecular weight excluding hydrogens is 226 g/mol. The van der Waals surface area contributed by atoms with E-state index in [4.69, 9.17) is 5.73 Å². The number of halogens is 1. The molecule has 0 unspecified atom stereocenters. The fourth-order valence-electron chi connectivity index (χ4n) is 1.86. The maximum absolute atomic E-state index is 6.15. The second-order valence-corrected chi connectivity index (χ2v) is 4.81. The van der Waals surface area contributed by atoms with E-state index in [1.807, 2.05) is 0 Å². The molecule has 1 aromatic carbocycles. The van der Waals surface area contributed by atoms with E-state index in [9.17, 15) is 0 Å². The summed E-state index contributed by atoms with van der Waals surface area (Å²) in [5, 5.41) is 0. The summed E-state index contributed by atoms with van der Waals surface area (Å²) in [6, 6.07) is 8.51. The minimum absolute atomic E-state index is 0.0911. The summed E-state index contributed by atoms with van der Waals surface area (Å²) >= 11 is 3.43. The Kier molecular flexibility index (Phi) is 2.20. The summed E-state index contributed by atoms with van der Waals surface area (Å²) in [5.41, 5.74) is 7.62. The molecule has 70 valence electrons. The van der Waals surface area contributed by atoms with Gasteiger partial charge >= 0.3 is 0 Å². The van der Waals surface area contributed by atoms with Crippen LogP contribution in [0, 0.1) is 0 Å². The first-order chi connectivity index (χ1) is 6.15. The van der Waals surface area contributed by atoms with Crippen molar-refractivity contribution in [2.45, 2.75) is 31.2 Å². The van der Waals surface area contributed by atoms with Crippen LogP contribution in [0.5, 0.6) is 0 Å². The first-order valence-electron chi connectivity index (χ1n) is 4.70. The number of hydrogen-bond acceptors (Lipinski definition) is 1. The lowest BCUT2D eigenvalue weighted by molar-refractivity contribution is 0.626. The summed E-state index contributed by atoms with van der Waals surface area (Å²) in [5.74, 6) is 0.589. The Morgan fingerprint density at radius 3 is 2.54 bits per heavy atom. The van der Waals surface area contributed by atoms with Gasteiger partial charge in [0.25, 0.3) is 0 Å². The van der Waals surface area contributed by atoms with Gasteiger partial charge in [0.1, 0.15) is 0 Å². The summed E-state index contributed by atoms with van der Waals surface area (Å²) in [6.45, 7) is 2.17. The third-order valence-electron chi connectivity index (χ3n) is 3.05. The molecule has 0 saturated heterocycles. The van der Waals surface area contributed by atoms with Crippen LogP contribution in [0.2, 0.25) is 0 Å². The van der Waals surface area contributed by atoms with Gasteiger partial charge in [-0.2, -0.15) is 0 Å².